The van der Waals surface area contributed by atoms with Gasteiger partial charge in [0.2, 0.25) is 0 Å². The van der Waals surface area contributed by atoms with Crippen molar-refractivity contribution in [2.24, 2.45) is 0 Å². The number of aromatic nitrogens is 2. The molecule has 178 valence electrons. The number of benzene rings is 2. The Kier molecular flexibility index (Phi) is 6.60. The Hall–Kier alpha value is -3.40. The molecular weight excluding hydrogens is 475 g/mol. The quantitative estimate of drug-likeness (QED) is 0.537. The first-order valence-corrected chi connectivity index (χ1v) is 10.9. The number of anilines is 1. The molecule has 0 spiro atoms. The van der Waals surface area contributed by atoms with E-state index >= 15 is 0 Å². The summed E-state index contributed by atoms with van der Waals surface area (Å²) in [6.45, 7) is -0.212. The van der Waals surface area contributed by atoms with Crippen molar-refractivity contribution in [1.82, 2.24) is 9.55 Å². The minimum Gasteiger partial charge on any atom is -0.452 e. The number of hydrogen-bond donors (Lipinski definition) is 1. The second-order valence-electron chi connectivity index (χ2n) is 7.84. The maximum Gasteiger partial charge on any atom is 0.418 e. The summed E-state index contributed by atoms with van der Waals surface area (Å²) < 4.78 is 46.1. The number of esters is 1. The highest BCUT2D eigenvalue weighted by Crippen LogP contribution is 2.36. The van der Waals surface area contributed by atoms with Gasteiger partial charge in [-0.2, -0.15) is 13.2 Å². The van der Waals surface area contributed by atoms with E-state index in [4.69, 9.17) is 16.3 Å². The summed E-state index contributed by atoms with van der Waals surface area (Å²) in [6, 6.07) is 7.17. The van der Waals surface area contributed by atoms with E-state index in [9.17, 15) is 27.6 Å². The fourth-order valence-electron chi connectivity index (χ4n) is 3.81. The number of rotatable bonds is 4. The van der Waals surface area contributed by atoms with Gasteiger partial charge in [-0.25, -0.2) is 9.78 Å². The molecule has 0 bridgehead atoms. The number of halogens is 4. The molecule has 1 aliphatic rings. The van der Waals surface area contributed by atoms with Crippen molar-refractivity contribution >= 4 is 40.1 Å². The Balaban J connectivity index is 1.48. The fourth-order valence-corrected chi connectivity index (χ4v) is 3.98. The van der Waals surface area contributed by atoms with Crippen LogP contribution in [0.2, 0.25) is 5.02 Å². The summed E-state index contributed by atoms with van der Waals surface area (Å²) in [4.78, 5) is 41.9. The van der Waals surface area contributed by atoms with Crippen LogP contribution in [0.3, 0.4) is 0 Å². The van der Waals surface area contributed by atoms with Gasteiger partial charge in [0.1, 0.15) is 5.82 Å². The Morgan fingerprint density at radius 1 is 1.12 bits per heavy atom. The van der Waals surface area contributed by atoms with Gasteiger partial charge < -0.3 is 10.1 Å². The minimum absolute atomic E-state index is 0.0632. The van der Waals surface area contributed by atoms with Crippen molar-refractivity contribution < 1.29 is 27.5 Å². The van der Waals surface area contributed by atoms with Gasteiger partial charge in [-0.05, 0) is 49.2 Å². The molecule has 11 heteroatoms. The number of ether oxygens (including phenoxy) is 1. The molecular formula is C23H19ClF3N3O4. The number of nitrogens with one attached hydrogen (secondary N) is 1. The molecule has 2 heterocycles. The van der Waals surface area contributed by atoms with E-state index in [1.807, 2.05) is 0 Å². The zero-order valence-electron chi connectivity index (χ0n) is 17.7. The predicted octanol–water partition coefficient (Wildman–Crippen LogP) is 4.59. The van der Waals surface area contributed by atoms with E-state index in [0.29, 0.717) is 35.8 Å². The molecule has 0 saturated carbocycles. The van der Waals surface area contributed by atoms with Crippen LogP contribution in [0.15, 0.2) is 41.2 Å². The summed E-state index contributed by atoms with van der Waals surface area (Å²) in [5.74, 6) is -1.17. The molecule has 34 heavy (non-hydrogen) atoms. The van der Waals surface area contributed by atoms with Crippen LogP contribution in [0.4, 0.5) is 18.9 Å². The first-order chi connectivity index (χ1) is 16.1. The fraction of sp³-hybridized carbons (Fsp3) is 0.304. The van der Waals surface area contributed by atoms with Crippen molar-refractivity contribution in [2.45, 2.75) is 38.4 Å². The zero-order chi connectivity index (χ0) is 24.5. The minimum atomic E-state index is -4.74. The molecule has 7 nitrogen and oxygen atoms in total. The summed E-state index contributed by atoms with van der Waals surface area (Å²) in [5.41, 5.74) is -1.40. The van der Waals surface area contributed by atoms with Crippen molar-refractivity contribution in [3.8, 4) is 0 Å². The number of amides is 1. The van der Waals surface area contributed by atoms with Gasteiger partial charge in [-0.3, -0.25) is 14.2 Å². The summed E-state index contributed by atoms with van der Waals surface area (Å²) >= 11 is 5.62. The molecule has 0 atom stereocenters. The number of fused-ring (bicyclic) bond motifs is 2. The summed E-state index contributed by atoms with van der Waals surface area (Å²) in [6.07, 6.45) is -1.27. The number of nitrogens with zero attached hydrogens (tertiary/aromatic N) is 2. The highest BCUT2D eigenvalue weighted by atomic mass is 35.5. The lowest BCUT2D eigenvalue weighted by Crippen LogP contribution is -2.25. The number of carbonyl (C=O) groups is 2. The molecule has 1 amide bonds. The van der Waals surface area contributed by atoms with Gasteiger partial charge in [0.05, 0.1) is 27.7 Å². The molecule has 1 aromatic heterocycles. The van der Waals surface area contributed by atoms with E-state index in [1.54, 1.807) is 4.57 Å². The van der Waals surface area contributed by atoms with Crippen LogP contribution in [0.5, 0.6) is 0 Å². The van der Waals surface area contributed by atoms with Crippen LogP contribution in [0.25, 0.3) is 10.9 Å². The summed E-state index contributed by atoms with van der Waals surface area (Å²) in [5, 5.41) is 2.30. The number of alkyl halides is 3. The van der Waals surface area contributed by atoms with Crippen LogP contribution in [0, 0.1) is 0 Å². The molecule has 3 aromatic rings. The Morgan fingerprint density at radius 3 is 2.68 bits per heavy atom. The second kappa shape index (κ2) is 9.46. The smallest absolute Gasteiger partial charge is 0.418 e. The Bertz CT molecular complexity index is 1340. The van der Waals surface area contributed by atoms with E-state index in [-0.39, 0.29) is 16.1 Å². The molecule has 1 N–H and O–H groups in total. The van der Waals surface area contributed by atoms with Crippen LogP contribution in [-0.2, 0) is 28.7 Å². The van der Waals surface area contributed by atoms with E-state index in [0.717, 1.165) is 25.3 Å². The lowest BCUT2D eigenvalue weighted by atomic mass is 10.1. The average Bonchev–Trinajstić information content (AvgIpc) is 3.03. The molecule has 4 rings (SSSR count). The Labute approximate surface area is 196 Å². The molecule has 0 aliphatic carbocycles. The number of carbonyl (C=O) groups excluding carboxylic acids is 2. The highest BCUT2D eigenvalue weighted by Gasteiger charge is 2.34. The van der Waals surface area contributed by atoms with Crippen LogP contribution in [-0.4, -0.2) is 28.0 Å². The largest absolute Gasteiger partial charge is 0.452 e. The second-order valence-corrected chi connectivity index (χ2v) is 8.28. The van der Waals surface area contributed by atoms with Crippen molar-refractivity contribution in [1.29, 1.82) is 0 Å². The third-order valence-electron chi connectivity index (χ3n) is 5.45. The first-order valence-electron chi connectivity index (χ1n) is 10.5. The van der Waals surface area contributed by atoms with Crippen molar-refractivity contribution in [2.75, 3.05) is 11.9 Å². The number of hydrogen-bond acceptors (Lipinski definition) is 5. The van der Waals surface area contributed by atoms with Gasteiger partial charge in [0.15, 0.2) is 6.61 Å². The molecule has 2 aromatic carbocycles. The third kappa shape index (κ3) is 5.06. The van der Waals surface area contributed by atoms with Gasteiger partial charge in [0, 0.05) is 18.0 Å². The standard InChI is InChI=1S/C23H19ClF3N3O4/c24-14-6-8-17(16(11-14)23(25,26)27)29-20(31)12-34-22(33)13-5-7-15-18(10-13)28-19-4-2-1-3-9-30(19)21(15)32/h5-8,10-11H,1-4,9,12H2,(H,29,31). The zero-order valence-corrected chi connectivity index (χ0v) is 18.5. The van der Waals surface area contributed by atoms with Gasteiger partial charge >= 0.3 is 12.1 Å². The molecule has 0 radical (unpaired) electrons. The first kappa shape index (κ1) is 23.7. The molecule has 0 saturated heterocycles. The van der Waals surface area contributed by atoms with Crippen LogP contribution in [0.1, 0.15) is 41.0 Å². The Morgan fingerprint density at radius 2 is 1.91 bits per heavy atom. The lowest BCUT2D eigenvalue weighted by Gasteiger charge is -2.14. The highest BCUT2D eigenvalue weighted by molar-refractivity contribution is 6.30. The third-order valence-corrected chi connectivity index (χ3v) is 5.68. The van der Waals surface area contributed by atoms with Crippen molar-refractivity contribution in [3.63, 3.8) is 0 Å². The SMILES string of the molecule is O=C(COC(=O)c1ccc2c(=O)n3c(nc2c1)CCCCC3)Nc1ccc(Cl)cc1C(F)(F)F. The predicted molar refractivity (Wildman–Crippen MR) is 119 cm³/mol. The molecule has 0 fully saturated rings. The van der Waals surface area contributed by atoms with E-state index in [2.05, 4.69) is 10.3 Å². The molecule has 1 aliphatic heterocycles. The van der Waals surface area contributed by atoms with Crippen LogP contribution < -0.4 is 10.9 Å². The average molecular weight is 494 g/mol. The maximum atomic E-state index is 13.2. The van der Waals surface area contributed by atoms with E-state index in [1.165, 1.54) is 24.3 Å². The maximum absolute atomic E-state index is 13.2. The normalized spacial score (nSPS) is 13.8. The van der Waals surface area contributed by atoms with Crippen LogP contribution >= 0.6 is 11.6 Å². The van der Waals surface area contributed by atoms with Gasteiger partial charge in [0.25, 0.3) is 11.5 Å². The lowest BCUT2D eigenvalue weighted by molar-refractivity contribution is -0.137. The summed E-state index contributed by atoms with van der Waals surface area (Å²) in [7, 11) is 0. The monoisotopic (exact) mass is 493 g/mol. The topological polar surface area (TPSA) is 90.3 Å². The van der Waals surface area contributed by atoms with E-state index < -0.39 is 35.9 Å². The van der Waals surface area contributed by atoms with Gasteiger partial charge in [-0.15, -0.1) is 0 Å². The van der Waals surface area contributed by atoms with Crippen molar-refractivity contribution in [3.05, 3.63) is 68.7 Å². The number of aryl methyl sites for hydroxylation is 1. The molecule has 0 unspecified atom stereocenters. The van der Waals surface area contributed by atoms with Gasteiger partial charge in [-0.1, -0.05) is 18.0 Å².